The highest BCUT2D eigenvalue weighted by molar-refractivity contribution is 5.52. The van der Waals surface area contributed by atoms with Crippen LogP contribution in [0.3, 0.4) is 0 Å². The van der Waals surface area contributed by atoms with Gasteiger partial charge in [0.05, 0.1) is 0 Å². The monoisotopic (exact) mass is 515 g/mol. The van der Waals surface area contributed by atoms with Gasteiger partial charge in [-0.05, 0) is 86.5 Å². The second-order valence-corrected chi connectivity index (χ2v) is 11.7. The molecule has 2 saturated heterocycles. The number of para-hydroxylation sites is 1. The van der Waals surface area contributed by atoms with E-state index in [0.717, 1.165) is 32.1 Å². The molecule has 2 aromatic rings. The van der Waals surface area contributed by atoms with E-state index in [-0.39, 0.29) is 0 Å². The number of unbranched alkanes of at least 4 members (excludes halogenated alkanes) is 1. The number of nitrogens with zero attached hydrogens (tertiary/aromatic N) is 4. The molecular weight excluding hydrogens is 466 g/mol. The third-order valence-electron chi connectivity index (χ3n) is 9.18. The summed E-state index contributed by atoms with van der Waals surface area (Å²) in [4.78, 5) is 10.6. The molecular formula is C33H49N5. The summed E-state index contributed by atoms with van der Waals surface area (Å²) in [6.45, 7) is 17.9. The van der Waals surface area contributed by atoms with Crippen molar-refractivity contribution in [1.29, 1.82) is 0 Å². The first-order chi connectivity index (χ1) is 18.7. The van der Waals surface area contributed by atoms with E-state index in [9.17, 15) is 0 Å². The molecule has 0 bridgehead atoms. The van der Waals surface area contributed by atoms with Gasteiger partial charge < -0.3 is 15.1 Å². The fraction of sp³-hybridized carbons (Fsp3) is 0.576. The minimum absolute atomic E-state index is 0.652. The number of piperazine rings is 1. The highest BCUT2D eigenvalue weighted by atomic mass is 15.3. The third-order valence-corrected chi connectivity index (χ3v) is 9.18. The lowest BCUT2D eigenvalue weighted by molar-refractivity contribution is 0.179. The van der Waals surface area contributed by atoms with Crippen LogP contribution >= 0.6 is 0 Å². The Kier molecular flexibility index (Phi) is 9.64. The van der Waals surface area contributed by atoms with E-state index < -0.39 is 0 Å². The summed E-state index contributed by atoms with van der Waals surface area (Å²) in [6, 6.07) is 18.9. The van der Waals surface area contributed by atoms with Crippen LogP contribution in [0, 0.1) is 5.92 Å². The Morgan fingerprint density at radius 1 is 0.868 bits per heavy atom. The molecule has 0 radical (unpaired) electrons. The van der Waals surface area contributed by atoms with Gasteiger partial charge >= 0.3 is 0 Å². The number of hydrogen-bond donors (Lipinski definition) is 1. The zero-order valence-electron chi connectivity index (χ0n) is 23.7. The summed E-state index contributed by atoms with van der Waals surface area (Å²) >= 11 is 0. The Morgan fingerprint density at radius 3 is 2.39 bits per heavy atom. The highest BCUT2D eigenvalue weighted by Gasteiger charge is 2.25. The van der Waals surface area contributed by atoms with Gasteiger partial charge in [0.15, 0.2) is 0 Å². The van der Waals surface area contributed by atoms with Crippen LogP contribution in [-0.2, 0) is 13.0 Å². The van der Waals surface area contributed by atoms with Crippen molar-refractivity contribution in [1.82, 2.24) is 15.1 Å². The van der Waals surface area contributed by atoms with Gasteiger partial charge in [0, 0.05) is 82.9 Å². The molecule has 206 valence electrons. The van der Waals surface area contributed by atoms with E-state index in [1.807, 2.05) is 0 Å². The first kappa shape index (κ1) is 27.1. The van der Waals surface area contributed by atoms with E-state index in [1.54, 1.807) is 17.3 Å². The summed E-state index contributed by atoms with van der Waals surface area (Å²) in [5.41, 5.74) is 5.94. The van der Waals surface area contributed by atoms with E-state index in [0.29, 0.717) is 6.04 Å². The molecule has 5 rings (SSSR count). The molecule has 3 aliphatic rings. The zero-order valence-corrected chi connectivity index (χ0v) is 23.7. The molecule has 5 nitrogen and oxygen atoms in total. The average Bonchev–Trinajstić information content (AvgIpc) is 2.97. The second kappa shape index (κ2) is 13.5. The van der Waals surface area contributed by atoms with Gasteiger partial charge in [-0.25, -0.2) is 0 Å². The highest BCUT2D eigenvalue weighted by Crippen LogP contribution is 2.28. The Labute approximate surface area is 231 Å². The van der Waals surface area contributed by atoms with Crippen LogP contribution in [0.15, 0.2) is 61.3 Å². The van der Waals surface area contributed by atoms with Crippen molar-refractivity contribution >= 4 is 11.4 Å². The lowest BCUT2D eigenvalue weighted by Crippen LogP contribution is -2.49. The summed E-state index contributed by atoms with van der Waals surface area (Å²) in [6.07, 6.45) is 9.42. The van der Waals surface area contributed by atoms with Crippen LogP contribution in [0.5, 0.6) is 0 Å². The van der Waals surface area contributed by atoms with Crippen LogP contribution in [-0.4, -0.2) is 74.7 Å². The molecule has 2 aromatic carbocycles. The van der Waals surface area contributed by atoms with Crippen molar-refractivity contribution in [3.05, 3.63) is 72.4 Å². The Balaban J connectivity index is 1.06. The summed E-state index contributed by atoms with van der Waals surface area (Å²) in [5, 5.41) is 3.22. The van der Waals surface area contributed by atoms with Gasteiger partial charge in [0.1, 0.15) is 0 Å². The fourth-order valence-corrected chi connectivity index (χ4v) is 6.66. The normalized spacial score (nSPS) is 20.2. The average molecular weight is 516 g/mol. The van der Waals surface area contributed by atoms with Crippen LogP contribution < -0.4 is 15.1 Å². The van der Waals surface area contributed by atoms with Crippen LogP contribution in [0.2, 0.25) is 0 Å². The number of hydrogen-bond acceptors (Lipinski definition) is 5. The quantitative estimate of drug-likeness (QED) is 0.406. The molecule has 0 aliphatic carbocycles. The maximum absolute atomic E-state index is 3.74. The SMILES string of the molecule is C=CNCCCCC(C)N1CCc2ccc(N3CCN(CC4CCN(c5ccccc5)CC4)CC3)cc2C1. The van der Waals surface area contributed by atoms with Crippen LogP contribution in [0.4, 0.5) is 11.4 Å². The number of fused-ring (bicyclic) bond motifs is 1. The molecule has 0 aromatic heterocycles. The molecule has 3 heterocycles. The standard InChI is InChI=1S/C33H49N5/c1-3-34-17-8-7-9-28(2)38-20-16-30-12-13-33(25-31(30)27-38)37-23-21-35(22-24-37)26-29-14-18-36(19-15-29)32-10-5-4-6-11-32/h3-6,10-13,25,28-29,34H,1,7-9,14-24,26-27H2,2H3. The first-order valence-corrected chi connectivity index (χ1v) is 15.2. The number of rotatable bonds is 11. The van der Waals surface area contributed by atoms with Gasteiger partial charge in [-0.1, -0.05) is 37.3 Å². The number of piperidine rings is 1. The second-order valence-electron chi connectivity index (χ2n) is 11.7. The minimum atomic E-state index is 0.652. The minimum Gasteiger partial charge on any atom is -0.391 e. The fourth-order valence-electron chi connectivity index (χ4n) is 6.66. The van der Waals surface area contributed by atoms with Gasteiger partial charge in [-0.2, -0.15) is 0 Å². The summed E-state index contributed by atoms with van der Waals surface area (Å²) < 4.78 is 0. The number of nitrogens with one attached hydrogen (secondary N) is 1. The van der Waals surface area contributed by atoms with Crippen LogP contribution in [0.1, 0.15) is 50.2 Å². The van der Waals surface area contributed by atoms with E-state index in [1.165, 1.54) is 89.2 Å². The van der Waals surface area contributed by atoms with Crippen molar-refractivity contribution < 1.29 is 0 Å². The first-order valence-electron chi connectivity index (χ1n) is 15.2. The molecule has 0 amide bonds. The van der Waals surface area contributed by atoms with Gasteiger partial charge in [-0.15, -0.1) is 0 Å². The molecule has 5 heteroatoms. The molecule has 2 fully saturated rings. The zero-order chi connectivity index (χ0) is 26.2. The molecule has 0 saturated carbocycles. The van der Waals surface area contributed by atoms with Crippen LogP contribution in [0.25, 0.3) is 0 Å². The van der Waals surface area contributed by atoms with Crippen molar-refractivity contribution in [3.8, 4) is 0 Å². The smallest absolute Gasteiger partial charge is 0.0370 e. The molecule has 1 atom stereocenters. The van der Waals surface area contributed by atoms with Gasteiger partial charge in [0.2, 0.25) is 0 Å². The molecule has 38 heavy (non-hydrogen) atoms. The molecule has 3 aliphatic heterocycles. The predicted molar refractivity (Wildman–Crippen MR) is 162 cm³/mol. The van der Waals surface area contributed by atoms with Crippen molar-refractivity contribution in [2.45, 2.75) is 58.0 Å². The van der Waals surface area contributed by atoms with Gasteiger partial charge in [0.25, 0.3) is 0 Å². The predicted octanol–water partition coefficient (Wildman–Crippen LogP) is 5.38. The summed E-state index contributed by atoms with van der Waals surface area (Å²) in [7, 11) is 0. The topological polar surface area (TPSA) is 25.0 Å². The Morgan fingerprint density at radius 2 is 1.63 bits per heavy atom. The van der Waals surface area contributed by atoms with Gasteiger partial charge in [-0.3, -0.25) is 9.80 Å². The Bertz CT molecular complexity index is 992. The van der Waals surface area contributed by atoms with E-state index in [4.69, 9.17) is 0 Å². The third kappa shape index (κ3) is 7.12. The van der Waals surface area contributed by atoms with Crippen molar-refractivity contribution in [2.24, 2.45) is 5.92 Å². The van der Waals surface area contributed by atoms with E-state index >= 15 is 0 Å². The summed E-state index contributed by atoms with van der Waals surface area (Å²) in [5.74, 6) is 0.844. The maximum Gasteiger partial charge on any atom is 0.0370 e. The lowest BCUT2D eigenvalue weighted by Gasteiger charge is -2.40. The molecule has 1 unspecified atom stereocenters. The molecule has 0 spiro atoms. The van der Waals surface area contributed by atoms with Crippen molar-refractivity contribution in [2.75, 3.05) is 68.7 Å². The lowest BCUT2D eigenvalue weighted by atomic mass is 9.95. The van der Waals surface area contributed by atoms with Crippen molar-refractivity contribution in [3.63, 3.8) is 0 Å². The number of anilines is 2. The molecule has 1 N–H and O–H groups in total. The maximum atomic E-state index is 3.74. The Hall–Kier alpha value is -2.50. The number of benzene rings is 2. The van der Waals surface area contributed by atoms with E-state index in [2.05, 4.69) is 87.0 Å². The largest absolute Gasteiger partial charge is 0.391 e.